The fourth-order valence-electron chi connectivity index (χ4n) is 2.38. The van der Waals surface area contributed by atoms with Gasteiger partial charge in [0.1, 0.15) is 18.1 Å². The Morgan fingerprint density at radius 1 is 0.839 bits per heavy atom. The summed E-state index contributed by atoms with van der Waals surface area (Å²) in [6, 6.07) is -5.41. The van der Waals surface area contributed by atoms with Crippen LogP contribution in [0, 0.1) is 0 Å². The van der Waals surface area contributed by atoms with E-state index in [0.29, 0.717) is 19.4 Å². The molecular formula is C17H30N6O8. The van der Waals surface area contributed by atoms with E-state index in [2.05, 4.69) is 16.0 Å². The zero-order chi connectivity index (χ0) is 24.1. The Kier molecular flexibility index (Phi) is 12.4. The summed E-state index contributed by atoms with van der Waals surface area (Å²) >= 11 is 0. The van der Waals surface area contributed by atoms with Gasteiger partial charge in [-0.05, 0) is 32.7 Å². The van der Waals surface area contributed by atoms with Crippen molar-refractivity contribution in [2.45, 2.75) is 63.2 Å². The molecule has 0 aliphatic heterocycles. The fraction of sp³-hybridized carbons (Fsp3) is 0.647. The predicted octanol–water partition coefficient (Wildman–Crippen LogP) is -3.65. The van der Waals surface area contributed by atoms with Crippen molar-refractivity contribution < 1.29 is 39.0 Å². The molecule has 31 heavy (non-hydrogen) atoms. The topological polar surface area (TPSA) is 257 Å². The number of carboxylic acids is 2. The van der Waals surface area contributed by atoms with E-state index in [0.717, 1.165) is 0 Å². The Balaban J connectivity index is 5.37. The van der Waals surface area contributed by atoms with E-state index in [1.807, 2.05) is 0 Å². The van der Waals surface area contributed by atoms with Crippen molar-refractivity contribution in [1.82, 2.24) is 16.0 Å². The Labute approximate surface area is 178 Å². The Bertz CT molecular complexity index is 686. The van der Waals surface area contributed by atoms with Gasteiger partial charge in [-0.15, -0.1) is 0 Å². The Morgan fingerprint density at radius 3 is 1.87 bits per heavy atom. The van der Waals surface area contributed by atoms with E-state index in [1.165, 1.54) is 6.92 Å². The van der Waals surface area contributed by atoms with E-state index in [4.69, 9.17) is 27.4 Å². The standard InChI is InChI=1S/C17H30N6O8/c1-8(17(30)31)21-15(28)10(4-2-3-5-18)22-16(29)11(7-12(20)24)23-14(27)9(19)6-13(25)26/h8-11H,2-7,18-19H2,1H3,(H2,20,24)(H,21,28)(H,22,29)(H,23,27)(H,25,26)(H,30,31). The minimum Gasteiger partial charge on any atom is -0.481 e. The van der Waals surface area contributed by atoms with Gasteiger partial charge in [0.05, 0.1) is 18.9 Å². The summed E-state index contributed by atoms with van der Waals surface area (Å²) < 4.78 is 0. The lowest BCUT2D eigenvalue weighted by Gasteiger charge is -2.24. The first kappa shape index (κ1) is 27.7. The molecule has 0 rings (SSSR count). The summed E-state index contributed by atoms with van der Waals surface area (Å²) in [5.41, 5.74) is 16.0. The molecule has 0 aromatic rings. The molecular weight excluding hydrogens is 416 g/mol. The number of hydrogen-bond donors (Lipinski definition) is 8. The van der Waals surface area contributed by atoms with Crippen molar-refractivity contribution in [1.29, 1.82) is 0 Å². The number of primary amides is 1. The zero-order valence-corrected chi connectivity index (χ0v) is 17.1. The van der Waals surface area contributed by atoms with Crippen LogP contribution in [0.25, 0.3) is 0 Å². The first-order valence-electron chi connectivity index (χ1n) is 9.48. The molecule has 14 heteroatoms. The van der Waals surface area contributed by atoms with Crippen LogP contribution < -0.4 is 33.2 Å². The molecule has 4 atom stereocenters. The smallest absolute Gasteiger partial charge is 0.325 e. The second-order valence-corrected chi connectivity index (χ2v) is 6.85. The Morgan fingerprint density at radius 2 is 1.39 bits per heavy atom. The molecule has 4 amide bonds. The summed E-state index contributed by atoms with van der Waals surface area (Å²) in [6.07, 6.45) is -0.295. The van der Waals surface area contributed by atoms with Crippen molar-refractivity contribution in [3.05, 3.63) is 0 Å². The maximum absolute atomic E-state index is 12.6. The van der Waals surface area contributed by atoms with Crippen LogP contribution in [0.3, 0.4) is 0 Å². The van der Waals surface area contributed by atoms with Gasteiger partial charge in [-0.2, -0.15) is 0 Å². The molecule has 0 saturated heterocycles. The highest BCUT2D eigenvalue weighted by molar-refractivity contribution is 5.96. The number of nitrogens with two attached hydrogens (primary N) is 3. The normalized spacial score (nSPS) is 14.4. The SMILES string of the molecule is CC(NC(=O)C(CCCCN)NC(=O)C(CC(N)=O)NC(=O)C(N)CC(=O)O)C(=O)O. The van der Waals surface area contributed by atoms with Crippen LogP contribution in [0.4, 0.5) is 0 Å². The highest BCUT2D eigenvalue weighted by Crippen LogP contribution is 2.04. The number of rotatable bonds is 15. The third kappa shape index (κ3) is 11.5. The van der Waals surface area contributed by atoms with Gasteiger partial charge in [0, 0.05) is 0 Å². The van der Waals surface area contributed by atoms with Gasteiger partial charge in [-0.25, -0.2) is 0 Å². The molecule has 176 valence electrons. The number of unbranched alkanes of at least 4 members (excludes halogenated alkanes) is 1. The molecule has 11 N–H and O–H groups in total. The van der Waals surface area contributed by atoms with Gasteiger partial charge in [0.15, 0.2) is 0 Å². The van der Waals surface area contributed by atoms with Crippen molar-refractivity contribution in [2.24, 2.45) is 17.2 Å². The third-order valence-corrected chi connectivity index (χ3v) is 4.08. The highest BCUT2D eigenvalue weighted by atomic mass is 16.4. The van der Waals surface area contributed by atoms with Crippen LogP contribution in [0.5, 0.6) is 0 Å². The number of carboxylic acid groups (broad SMARTS) is 2. The predicted molar refractivity (Wildman–Crippen MR) is 106 cm³/mol. The second-order valence-electron chi connectivity index (χ2n) is 6.85. The Hall–Kier alpha value is -3.26. The fourth-order valence-corrected chi connectivity index (χ4v) is 2.38. The van der Waals surface area contributed by atoms with Gasteiger partial charge < -0.3 is 43.4 Å². The monoisotopic (exact) mass is 446 g/mol. The average molecular weight is 446 g/mol. The van der Waals surface area contributed by atoms with E-state index < -0.39 is 72.6 Å². The largest absolute Gasteiger partial charge is 0.481 e. The molecule has 0 heterocycles. The average Bonchev–Trinajstić information content (AvgIpc) is 2.65. The molecule has 14 nitrogen and oxygen atoms in total. The van der Waals surface area contributed by atoms with Crippen LogP contribution in [0.1, 0.15) is 39.0 Å². The number of hydrogen-bond acceptors (Lipinski definition) is 8. The molecule has 0 spiro atoms. The van der Waals surface area contributed by atoms with Crippen molar-refractivity contribution >= 4 is 35.6 Å². The van der Waals surface area contributed by atoms with Crippen LogP contribution in [0.15, 0.2) is 0 Å². The maximum atomic E-state index is 12.6. The summed E-state index contributed by atoms with van der Waals surface area (Å²) in [4.78, 5) is 70.0. The van der Waals surface area contributed by atoms with Crippen LogP contribution >= 0.6 is 0 Å². The van der Waals surface area contributed by atoms with E-state index in [-0.39, 0.29) is 6.42 Å². The minimum absolute atomic E-state index is 0.108. The lowest BCUT2D eigenvalue weighted by Crippen LogP contribution is -2.57. The summed E-state index contributed by atoms with van der Waals surface area (Å²) in [5.74, 6) is -6.32. The molecule has 0 aromatic heterocycles. The van der Waals surface area contributed by atoms with Crippen LogP contribution in [-0.4, -0.2) is 76.5 Å². The first-order valence-corrected chi connectivity index (χ1v) is 9.48. The van der Waals surface area contributed by atoms with E-state index in [1.54, 1.807) is 0 Å². The number of aliphatic carboxylic acids is 2. The highest BCUT2D eigenvalue weighted by Gasteiger charge is 2.30. The van der Waals surface area contributed by atoms with Crippen molar-refractivity contribution in [2.75, 3.05) is 6.54 Å². The van der Waals surface area contributed by atoms with Crippen molar-refractivity contribution in [3.63, 3.8) is 0 Å². The number of carbonyl (C=O) groups is 6. The van der Waals surface area contributed by atoms with Gasteiger partial charge in [-0.3, -0.25) is 28.8 Å². The molecule has 4 unspecified atom stereocenters. The molecule has 0 bridgehead atoms. The van der Waals surface area contributed by atoms with Gasteiger partial charge >= 0.3 is 11.9 Å². The first-order chi connectivity index (χ1) is 14.4. The minimum atomic E-state index is -1.52. The maximum Gasteiger partial charge on any atom is 0.325 e. The molecule has 0 aliphatic rings. The molecule has 0 aliphatic carbocycles. The zero-order valence-electron chi connectivity index (χ0n) is 17.1. The van der Waals surface area contributed by atoms with Crippen LogP contribution in [-0.2, 0) is 28.8 Å². The molecule has 0 fully saturated rings. The van der Waals surface area contributed by atoms with Crippen molar-refractivity contribution in [3.8, 4) is 0 Å². The number of carbonyl (C=O) groups excluding carboxylic acids is 4. The summed E-state index contributed by atoms with van der Waals surface area (Å²) in [6.45, 7) is 1.56. The second kappa shape index (κ2) is 13.9. The number of amides is 4. The lowest BCUT2D eigenvalue weighted by molar-refractivity contribution is -0.142. The summed E-state index contributed by atoms with van der Waals surface area (Å²) in [5, 5.41) is 24.4. The van der Waals surface area contributed by atoms with Gasteiger partial charge in [0.25, 0.3) is 0 Å². The summed E-state index contributed by atoms with van der Waals surface area (Å²) in [7, 11) is 0. The van der Waals surface area contributed by atoms with Gasteiger partial charge in [-0.1, -0.05) is 0 Å². The quantitative estimate of drug-likeness (QED) is 0.114. The number of nitrogens with one attached hydrogen (secondary N) is 3. The van der Waals surface area contributed by atoms with Crippen LogP contribution in [0.2, 0.25) is 0 Å². The van der Waals surface area contributed by atoms with E-state index >= 15 is 0 Å². The van der Waals surface area contributed by atoms with Gasteiger partial charge in [0.2, 0.25) is 23.6 Å². The lowest BCUT2D eigenvalue weighted by atomic mass is 10.1. The van der Waals surface area contributed by atoms with E-state index in [9.17, 15) is 28.8 Å². The third-order valence-electron chi connectivity index (χ3n) is 4.08. The molecule has 0 saturated carbocycles. The molecule has 0 radical (unpaired) electrons. The molecule has 0 aromatic carbocycles.